The molecule has 5 aromatic rings. The smallest absolute Gasteiger partial charge is 0.347 e. The first kappa shape index (κ1) is 27.9. The van der Waals surface area contributed by atoms with Crippen LogP contribution < -0.4 is 19.8 Å². The molecule has 5 rings (SSSR count). The lowest BCUT2D eigenvalue weighted by Gasteiger charge is -2.18. The second-order valence-electron chi connectivity index (χ2n) is 8.84. The Kier molecular flexibility index (Phi) is 8.06. The van der Waals surface area contributed by atoms with Crippen molar-refractivity contribution in [1.82, 2.24) is 9.66 Å². The van der Waals surface area contributed by atoms with E-state index in [4.69, 9.17) is 28.3 Å². The largest absolute Gasteiger partial charge is 0.496 e. The molecule has 210 valence electrons. The normalized spacial score (nSPS) is 12.1. The molecule has 0 spiro atoms. The van der Waals surface area contributed by atoms with E-state index in [1.807, 2.05) is 12.1 Å². The van der Waals surface area contributed by atoms with Gasteiger partial charge in [0.05, 0.1) is 43.3 Å². The number of hydrogen-bond acceptors (Lipinski definition) is 9. The summed E-state index contributed by atoms with van der Waals surface area (Å²) in [5.74, 6) is 1.20. The average Bonchev–Trinajstić information content (AvgIpc) is 3.42. The van der Waals surface area contributed by atoms with Gasteiger partial charge in [-0.3, -0.25) is 4.79 Å². The molecule has 11 heteroatoms. The minimum Gasteiger partial charge on any atom is -0.496 e. The van der Waals surface area contributed by atoms with Crippen molar-refractivity contribution in [1.29, 1.82) is 0 Å². The third kappa shape index (κ3) is 5.53. The molecule has 10 nitrogen and oxygen atoms in total. The van der Waals surface area contributed by atoms with Crippen LogP contribution in [0.25, 0.3) is 33.5 Å². The van der Waals surface area contributed by atoms with Crippen LogP contribution in [0.2, 0.25) is 0 Å². The summed E-state index contributed by atoms with van der Waals surface area (Å²) < 4.78 is 30.0. The molecule has 2 aromatic heterocycles. The van der Waals surface area contributed by atoms with Crippen molar-refractivity contribution >= 4 is 50.0 Å². The second-order valence-corrected chi connectivity index (χ2v) is 9.75. The maximum atomic E-state index is 13.7. The molecule has 3 aromatic carbocycles. The zero-order valence-corrected chi connectivity index (χ0v) is 24.3. The van der Waals surface area contributed by atoms with Crippen LogP contribution in [-0.2, 0) is 9.53 Å². The van der Waals surface area contributed by atoms with Crippen LogP contribution in [0.4, 0.5) is 0 Å². The number of ether oxygens (including phenoxy) is 4. The molecule has 0 saturated heterocycles. The lowest BCUT2D eigenvalue weighted by molar-refractivity contribution is -0.150. The fraction of sp³-hybridized carbons (Fsp3) is 0.200. The lowest BCUT2D eigenvalue weighted by Crippen LogP contribution is -2.26. The molecular formula is C30H26BrN3O7. The summed E-state index contributed by atoms with van der Waals surface area (Å²) in [7, 11) is 3.06. The van der Waals surface area contributed by atoms with Crippen molar-refractivity contribution in [3.8, 4) is 28.8 Å². The van der Waals surface area contributed by atoms with Crippen molar-refractivity contribution in [2.45, 2.75) is 20.0 Å². The van der Waals surface area contributed by atoms with Gasteiger partial charge in [0.2, 0.25) is 5.82 Å². The van der Waals surface area contributed by atoms with E-state index in [1.54, 1.807) is 69.5 Å². The van der Waals surface area contributed by atoms with Gasteiger partial charge >= 0.3 is 5.97 Å². The van der Waals surface area contributed by atoms with E-state index < -0.39 is 17.6 Å². The zero-order chi connectivity index (χ0) is 29.1. The second kappa shape index (κ2) is 11.8. The molecule has 0 fully saturated rings. The van der Waals surface area contributed by atoms with E-state index in [0.29, 0.717) is 43.8 Å². The summed E-state index contributed by atoms with van der Waals surface area (Å²) in [6.07, 6.45) is 0.508. The summed E-state index contributed by atoms with van der Waals surface area (Å²) in [5, 5.41) is 5.64. The lowest BCUT2D eigenvalue weighted by atomic mass is 10.2. The number of halogens is 1. The zero-order valence-electron chi connectivity index (χ0n) is 22.7. The van der Waals surface area contributed by atoms with Gasteiger partial charge in [-0.05, 0) is 56.3 Å². The average molecular weight is 620 g/mol. The third-order valence-corrected chi connectivity index (χ3v) is 6.67. The molecule has 0 aliphatic carbocycles. The maximum absolute atomic E-state index is 13.7. The van der Waals surface area contributed by atoms with Crippen LogP contribution in [0, 0.1) is 0 Å². The van der Waals surface area contributed by atoms with Gasteiger partial charge in [0.15, 0.2) is 23.4 Å². The van der Waals surface area contributed by atoms with E-state index in [1.165, 1.54) is 18.0 Å². The topological polar surface area (TPSA) is 114 Å². The van der Waals surface area contributed by atoms with Crippen LogP contribution in [0.15, 0.2) is 79.4 Å². The van der Waals surface area contributed by atoms with E-state index in [-0.39, 0.29) is 18.2 Å². The Bertz CT molecular complexity index is 1840. The number of carbonyl (C=O) groups is 1. The highest BCUT2D eigenvalue weighted by molar-refractivity contribution is 9.10. The first-order chi connectivity index (χ1) is 19.8. The van der Waals surface area contributed by atoms with Crippen LogP contribution in [0.5, 0.6) is 17.2 Å². The van der Waals surface area contributed by atoms with Crippen LogP contribution in [0.3, 0.4) is 0 Å². The van der Waals surface area contributed by atoms with Gasteiger partial charge in [-0.25, -0.2) is 9.78 Å². The van der Waals surface area contributed by atoms with E-state index in [2.05, 4.69) is 21.0 Å². The van der Waals surface area contributed by atoms with Crippen LogP contribution >= 0.6 is 15.9 Å². The summed E-state index contributed by atoms with van der Waals surface area (Å²) in [5.41, 5.74) is 1.09. The molecular weight excluding hydrogens is 594 g/mol. The fourth-order valence-corrected chi connectivity index (χ4v) is 4.73. The number of esters is 1. The molecule has 0 amide bonds. The summed E-state index contributed by atoms with van der Waals surface area (Å²) in [6, 6.07) is 17.6. The molecule has 0 unspecified atom stereocenters. The number of benzene rings is 3. The number of nitrogens with zero attached hydrogens (tertiary/aromatic N) is 3. The molecule has 0 radical (unpaired) electrons. The first-order valence-corrected chi connectivity index (χ1v) is 13.5. The summed E-state index contributed by atoms with van der Waals surface area (Å²) in [4.78, 5) is 30.7. The minimum absolute atomic E-state index is 0.188. The van der Waals surface area contributed by atoms with Crippen molar-refractivity contribution < 1.29 is 28.2 Å². The Hall–Kier alpha value is -4.64. The van der Waals surface area contributed by atoms with Gasteiger partial charge in [-0.15, -0.1) is 0 Å². The van der Waals surface area contributed by atoms with E-state index in [0.717, 1.165) is 5.39 Å². The number of rotatable bonds is 9. The highest BCUT2D eigenvalue weighted by atomic mass is 79.9. The summed E-state index contributed by atoms with van der Waals surface area (Å²) in [6.45, 7) is 3.51. The molecule has 0 aliphatic rings. The quantitative estimate of drug-likeness (QED) is 0.150. The minimum atomic E-state index is -0.927. The Balaban J connectivity index is 1.68. The molecule has 0 aliphatic heterocycles. The highest BCUT2D eigenvalue weighted by Gasteiger charge is 2.22. The standard InChI is InChI=1S/C30H26BrN3O7/c1-5-39-30(36)17(2)40-27-18(13-19(31)14-25(27)38-4)16-32-34-28(33-22-10-7-6-9-20(22)29(34)35)26-15-21-23(37-3)11-8-12-24(21)41-26/h6-17H,5H2,1-4H3/t17-/m1/s1. The maximum Gasteiger partial charge on any atom is 0.347 e. The molecule has 0 saturated carbocycles. The van der Waals surface area contributed by atoms with Crippen molar-refractivity contribution in [2.75, 3.05) is 20.8 Å². The van der Waals surface area contributed by atoms with Gasteiger partial charge in [0.1, 0.15) is 11.3 Å². The molecule has 0 bridgehead atoms. The van der Waals surface area contributed by atoms with E-state index >= 15 is 0 Å². The summed E-state index contributed by atoms with van der Waals surface area (Å²) >= 11 is 3.47. The van der Waals surface area contributed by atoms with E-state index in [9.17, 15) is 9.59 Å². The van der Waals surface area contributed by atoms with Gasteiger partial charge < -0.3 is 23.4 Å². The Morgan fingerprint density at radius 3 is 2.61 bits per heavy atom. The molecule has 0 N–H and O–H groups in total. The number of fused-ring (bicyclic) bond motifs is 2. The van der Waals surface area contributed by atoms with Gasteiger partial charge in [-0.1, -0.05) is 34.1 Å². The number of para-hydroxylation sites is 1. The van der Waals surface area contributed by atoms with Gasteiger partial charge in [0.25, 0.3) is 5.56 Å². The molecule has 41 heavy (non-hydrogen) atoms. The number of furan rings is 1. The number of hydrogen-bond donors (Lipinski definition) is 0. The first-order valence-electron chi connectivity index (χ1n) is 12.7. The SMILES string of the molecule is CCOC(=O)[C@@H](C)Oc1c(C=Nn2c(-c3cc4c(OC)cccc4o3)nc3ccccc3c2=O)cc(Br)cc1OC. The van der Waals surface area contributed by atoms with Crippen molar-refractivity contribution in [2.24, 2.45) is 5.10 Å². The Labute approximate surface area is 243 Å². The van der Waals surface area contributed by atoms with Gasteiger partial charge in [0, 0.05) is 10.0 Å². The van der Waals surface area contributed by atoms with Crippen LogP contribution in [-0.4, -0.2) is 48.8 Å². The van der Waals surface area contributed by atoms with Crippen molar-refractivity contribution in [3.05, 3.63) is 81.1 Å². The predicted octanol–water partition coefficient (Wildman–Crippen LogP) is 5.80. The Morgan fingerprint density at radius 2 is 1.85 bits per heavy atom. The molecule has 2 heterocycles. The number of carbonyl (C=O) groups excluding carboxylic acids is 1. The Morgan fingerprint density at radius 1 is 1.07 bits per heavy atom. The number of aromatic nitrogens is 2. The predicted molar refractivity (Wildman–Crippen MR) is 158 cm³/mol. The molecule has 1 atom stereocenters. The van der Waals surface area contributed by atoms with Gasteiger partial charge in [-0.2, -0.15) is 9.78 Å². The van der Waals surface area contributed by atoms with Crippen molar-refractivity contribution in [3.63, 3.8) is 0 Å². The fourth-order valence-electron chi connectivity index (χ4n) is 4.28. The highest BCUT2D eigenvalue weighted by Crippen LogP contribution is 2.36. The van der Waals surface area contributed by atoms with Crippen LogP contribution in [0.1, 0.15) is 19.4 Å². The third-order valence-electron chi connectivity index (χ3n) is 6.21. The monoisotopic (exact) mass is 619 g/mol. The number of methoxy groups -OCH3 is 2.